The van der Waals surface area contributed by atoms with Crippen molar-refractivity contribution in [3.63, 3.8) is 0 Å². The zero-order valence-electron chi connectivity index (χ0n) is 14.4. The maximum absolute atomic E-state index is 12.6. The summed E-state index contributed by atoms with van der Waals surface area (Å²) < 4.78 is 33.8. The summed E-state index contributed by atoms with van der Waals surface area (Å²) in [5.41, 5.74) is 2.94. The molecule has 1 aliphatic rings. The van der Waals surface area contributed by atoms with Gasteiger partial charge in [-0.3, -0.25) is 4.68 Å². The topological polar surface area (TPSA) is 76.5 Å². The van der Waals surface area contributed by atoms with Gasteiger partial charge in [0.05, 0.1) is 25.2 Å². The van der Waals surface area contributed by atoms with Crippen LogP contribution in [-0.2, 0) is 40.7 Å². The highest BCUT2D eigenvalue weighted by Gasteiger charge is 2.25. The smallest absolute Gasteiger partial charge is 0.218 e. The Balaban J connectivity index is 1.63. The molecule has 0 aliphatic carbocycles. The lowest BCUT2D eigenvalue weighted by Crippen LogP contribution is -2.41. The van der Waals surface area contributed by atoms with Gasteiger partial charge in [-0.2, -0.15) is 9.40 Å². The Morgan fingerprint density at radius 3 is 2.56 bits per heavy atom. The van der Waals surface area contributed by atoms with Crippen LogP contribution >= 0.6 is 0 Å². The molecule has 1 aliphatic heterocycles. The lowest BCUT2D eigenvalue weighted by Gasteiger charge is -2.26. The van der Waals surface area contributed by atoms with E-state index in [0.717, 1.165) is 16.7 Å². The third-order valence-electron chi connectivity index (χ3n) is 4.22. The van der Waals surface area contributed by atoms with Crippen LogP contribution < -0.4 is 5.32 Å². The van der Waals surface area contributed by atoms with E-state index in [4.69, 9.17) is 4.74 Å². The summed E-state index contributed by atoms with van der Waals surface area (Å²) in [6.07, 6.45) is 3.78. The molecule has 2 heterocycles. The number of hydrogen-bond acceptors (Lipinski definition) is 5. The largest absolute Gasteiger partial charge is 0.379 e. The van der Waals surface area contributed by atoms with Crippen LogP contribution in [0.5, 0.6) is 0 Å². The summed E-state index contributed by atoms with van der Waals surface area (Å²) in [5.74, 6) is 0.0255. The molecule has 2 aromatic rings. The third kappa shape index (κ3) is 4.88. The van der Waals surface area contributed by atoms with Crippen LogP contribution in [0.25, 0.3) is 0 Å². The minimum Gasteiger partial charge on any atom is -0.379 e. The highest BCUT2D eigenvalue weighted by atomic mass is 32.2. The number of sulfonamides is 1. The minimum atomic E-state index is -3.32. The van der Waals surface area contributed by atoms with E-state index in [1.165, 1.54) is 4.31 Å². The van der Waals surface area contributed by atoms with Gasteiger partial charge in [0.1, 0.15) is 0 Å². The molecule has 25 heavy (non-hydrogen) atoms. The zero-order chi connectivity index (χ0) is 17.7. The minimum absolute atomic E-state index is 0.0255. The molecule has 1 aromatic carbocycles. The van der Waals surface area contributed by atoms with Crippen molar-refractivity contribution in [3.8, 4) is 0 Å². The van der Waals surface area contributed by atoms with E-state index >= 15 is 0 Å². The van der Waals surface area contributed by atoms with E-state index in [9.17, 15) is 8.42 Å². The van der Waals surface area contributed by atoms with E-state index in [1.54, 1.807) is 4.68 Å². The summed E-state index contributed by atoms with van der Waals surface area (Å²) in [6.45, 7) is 3.11. The van der Waals surface area contributed by atoms with Crippen molar-refractivity contribution in [1.82, 2.24) is 19.4 Å². The van der Waals surface area contributed by atoms with Gasteiger partial charge in [-0.1, -0.05) is 24.3 Å². The SMILES string of the molecule is Cn1cc(CNCc2ccccc2CS(=O)(=O)N2CCOCC2)cn1. The van der Waals surface area contributed by atoms with Gasteiger partial charge in [0.25, 0.3) is 0 Å². The van der Waals surface area contributed by atoms with Gasteiger partial charge in [0.15, 0.2) is 0 Å². The molecule has 0 saturated carbocycles. The maximum Gasteiger partial charge on any atom is 0.218 e. The van der Waals surface area contributed by atoms with Crippen LogP contribution in [0.4, 0.5) is 0 Å². The number of rotatable bonds is 7. The standard InChI is InChI=1S/C17H24N4O3S/c1-20-13-15(11-19-20)10-18-12-16-4-2-3-5-17(16)14-25(22,23)21-6-8-24-9-7-21/h2-5,11,13,18H,6-10,12,14H2,1H3. The molecule has 8 heteroatoms. The van der Waals surface area contributed by atoms with E-state index in [0.29, 0.717) is 39.4 Å². The Hall–Kier alpha value is -1.74. The molecular weight excluding hydrogens is 340 g/mol. The predicted octanol–water partition coefficient (Wildman–Crippen LogP) is 0.872. The number of nitrogens with zero attached hydrogens (tertiary/aromatic N) is 3. The van der Waals surface area contributed by atoms with E-state index in [2.05, 4.69) is 10.4 Å². The monoisotopic (exact) mass is 364 g/mol. The van der Waals surface area contributed by atoms with Gasteiger partial charge in [-0.05, 0) is 11.1 Å². The van der Waals surface area contributed by atoms with Crippen molar-refractivity contribution in [2.75, 3.05) is 26.3 Å². The van der Waals surface area contributed by atoms with Gasteiger partial charge >= 0.3 is 0 Å². The van der Waals surface area contributed by atoms with Gasteiger partial charge in [0.2, 0.25) is 10.0 Å². The number of morpholine rings is 1. The molecule has 3 rings (SSSR count). The molecule has 1 fully saturated rings. The predicted molar refractivity (Wildman–Crippen MR) is 95.2 cm³/mol. The molecule has 1 saturated heterocycles. The molecule has 1 N–H and O–H groups in total. The number of ether oxygens (including phenoxy) is 1. The van der Waals surface area contributed by atoms with Crippen LogP contribution in [0.3, 0.4) is 0 Å². The molecule has 0 radical (unpaired) electrons. The third-order valence-corrected chi connectivity index (χ3v) is 6.05. The Morgan fingerprint density at radius 2 is 1.88 bits per heavy atom. The van der Waals surface area contributed by atoms with Crippen molar-refractivity contribution in [2.24, 2.45) is 7.05 Å². The van der Waals surface area contributed by atoms with Crippen molar-refractivity contribution in [1.29, 1.82) is 0 Å². The summed E-state index contributed by atoms with van der Waals surface area (Å²) in [7, 11) is -1.44. The van der Waals surface area contributed by atoms with Gasteiger partial charge in [-0.25, -0.2) is 8.42 Å². The first-order valence-corrected chi connectivity index (χ1v) is 9.96. The van der Waals surface area contributed by atoms with Crippen molar-refractivity contribution < 1.29 is 13.2 Å². The Labute approximate surface area is 148 Å². The number of benzene rings is 1. The van der Waals surface area contributed by atoms with Crippen molar-refractivity contribution in [3.05, 3.63) is 53.3 Å². The maximum atomic E-state index is 12.6. The van der Waals surface area contributed by atoms with Crippen LogP contribution in [0.1, 0.15) is 16.7 Å². The number of nitrogens with one attached hydrogen (secondary N) is 1. The molecular formula is C17H24N4O3S. The van der Waals surface area contributed by atoms with Crippen LogP contribution in [-0.4, -0.2) is 48.8 Å². The second kappa shape index (κ2) is 8.09. The van der Waals surface area contributed by atoms with E-state index in [-0.39, 0.29) is 5.75 Å². The van der Waals surface area contributed by atoms with Gasteiger partial charge in [-0.15, -0.1) is 0 Å². The fourth-order valence-corrected chi connectivity index (χ4v) is 4.45. The van der Waals surface area contributed by atoms with Crippen LogP contribution in [0, 0.1) is 0 Å². The second-order valence-electron chi connectivity index (χ2n) is 6.16. The van der Waals surface area contributed by atoms with E-state index in [1.807, 2.05) is 43.7 Å². The first-order valence-electron chi connectivity index (χ1n) is 8.35. The molecule has 0 atom stereocenters. The molecule has 7 nitrogen and oxygen atoms in total. The summed E-state index contributed by atoms with van der Waals surface area (Å²) in [6, 6.07) is 7.68. The Bertz CT molecular complexity index is 798. The summed E-state index contributed by atoms with van der Waals surface area (Å²) >= 11 is 0. The first-order chi connectivity index (χ1) is 12.0. The number of aromatic nitrogens is 2. The van der Waals surface area contributed by atoms with Gasteiger partial charge < -0.3 is 10.1 Å². The first kappa shape index (κ1) is 18.1. The Kier molecular flexibility index (Phi) is 5.85. The quantitative estimate of drug-likeness (QED) is 0.789. The number of hydrogen-bond donors (Lipinski definition) is 1. The van der Waals surface area contributed by atoms with Crippen molar-refractivity contribution in [2.45, 2.75) is 18.8 Å². The lowest BCUT2D eigenvalue weighted by molar-refractivity contribution is 0.0729. The molecule has 0 amide bonds. The highest BCUT2D eigenvalue weighted by Crippen LogP contribution is 2.16. The van der Waals surface area contributed by atoms with E-state index < -0.39 is 10.0 Å². The average molecular weight is 364 g/mol. The van der Waals surface area contributed by atoms with Gasteiger partial charge in [0, 0.05) is 45.0 Å². The number of aryl methyl sites for hydroxylation is 1. The highest BCUT2D eigenvalue weighted by molar-refractivity contribution is 7.88. The zero-order valence-corrected chi connectivity index (χ0v) is 15.2. The fourth-order valence-electron chi connectivity index (χ4n) is 2.89. The van der Waals surface area contributed by atoms with Crippen LogP contribution in [0.2, 0.25) is 0 Å². The van der Waals surface area contributed by atoms with Crippen LogP contribution in [0.15, 0.2) is 36.7 Å². The van der Waals surface area contributed by atoms with Crippen molar-refractivity contribution >= 4 is 10.0 Å². The molecule has 1 aromatic heterocycles. The second-order valence-corrected chi connectivity index (χ2v) is 8.13. The molecule has 0 unspecified atom stereocenters. The summed E-state index contributed by atoms with van der Waals surface area (Å²) in [5, 5.41) is 7.50. The Morgan fingerprint density at radius 1 is 1.16 bits per heavy atom. The average Bonchev–Trinajstić information content (AvgIpc) is 3.02. The molecule has 136 valence electrons. The normalized spacial score (nSPS) is 16.2. The molecule has 0 spiro atoms. The summed E-state index contributed by atoms with van der Waals surface area (Å²) in [4.78, 5) is 0. The lowest BCUT2D eigenvalue weighted by atomic mass is 10.1. The molecule has 0 bridgehead atoms. The fraction of sp³-hybridized carbons (Fsp3) is 0.471.